The van der Waals surface area contributed by atoms with Crippen LogP contribution in [0.5, 0.6) is 0 Å². The lowest BCUT2D eigenvalue weighted by Crippen LogP contribution is -2.31. The monoisotopic (exact) mass is 328 g/mol. The Morgan fingerprint density at radius 2 is 1.67 bits per heavy atom. The van der Waals surface area contributed by atoms with E-state index in [-0.39, 0.29) is 5.56 Å². The molecule has 1 aromatic heterocycles. The molecule has 0 fully saturated rings. The Morgan fingerprint density at radius 3 is 2.21 bits per heavy atom. The number of rotatable bonds is 4. The second-order valence-corrected chi connectivity index (χ2v) is 5.76. The molecule has 126 valence electrons. The quantitative estimate of drug-likeness (QED) is 0.531. The highest BCUT2D eigenvalue weighted by molar-refractivity contribution is 5.98. The molecule has 0 radical (unpaired) electrons. The van der Waals surface area contributed by atoms with Gasteiger partial charge in [-0.2, -0.15) is 4.73 Å². The lowest BCUT2D eigenvalue weighted by molar-refractivity contribution is -0.605. The largest absolute Gasteiger partial charge is 0.619 e. The average molecular weight is 328 g/mol. The summed E-state index contributed by atoms with van der Waals surface area (Å²) < 4.78 is 5.72. The van der Waals surface area contributed by atoms with E-state index in [1.165, 1.54) is 31.5 Å². The van der Waals surface area contributed by atoms with Crippen LogP contribution in [0.25, 0.3) is 0 Å². The third kappa shape index (κ3) is 4.10. The summed E-state index contributed by atoms with van der Waals surface area (Å²) in [6, 6.07) is 6.63. The Hall–Kier alpha value is -2.89. The lowest BCUT2D eigenvalue weighted by atomic mass is 10.0. The van der Waals surface area contributed by atoms with Gasteiger partial charge in [-0.3, -0.25) is 4.79 Å². The number of carbonyl (C=O) groups is 2. The molecule has 0 spiro atoms. The fourth-order valence-electron chi connectivity index (χ4n) is 2.43. The second-order valence-electron chi connectivity index (χ2n) is 5.76. The fraction of sp³-hybridized carbons (Fsp3) is 0.278. The molecular weight excluding hydrogens is 308 g/mol. The highest BCUT2D eigenvalue weighted by Crippen LogP contribution is 2.22. The number of carbonyl (C=O) groups excluding carboxylic acids is 2. The Balaban J connectivity index is 2.05. The van der Waals surface area contributed by atoms with Gasteiger partial charge in [0, 0.05) is 17.8 Å². The molecule has 2 aromatic rings. The first kappa shape index (κ1) is 17.5. The van der Waals surface area contributed by atoms with Crippen molar-refractivity contribution in [1.82, 2.24) is 0 Å². The van der Waals surface area contributed by atoms with Crippen molar-refractivity contribution >= 4 is 17.6 Å². The van der Waals surface area contributed by atoms with E-state index in [0.717, 1.165) is 22.4 Å². The molecule has 0 aliphatic rings. The van der Waals surface area contributed by atoms with Crippen LogP contribution in [-0.4, -0.2) is 18.0 Å². The highest BCUT2D eigenvalue weighted by atomic mass is 16.5. The van der Waals surface area contributed by atoms with E-state index in [9.17, 15) is 14.8 Å². The summed E-state index contributed by atoms with van der Waals surface area (Å²) in [5.74, 6) is -1.07. The molecule has 24 heavy (non-hydrogen) atoms. The van der Waals surface area contributed by atoms with Crippen molar-refractivity contribution < 1.29 is 19.1 Å². The van der Waals surface area contributed by atoms with Gasteiger partial charge in [0.1, 0.15) is 0 Å². The predicted octanol–water partition coefficient (Wildman–Crippen LogP) is 2.43. The number of aromatic nitrogens is 1. The minimum Gasteiger partial charge on any atom is -0.619 e. The van der Waals surface area contributed by atoms with Crippen LogP contribution < -0.4 is 10.0 Å². The van der Waals surface area contributed by atoms with Gasteiger partial charge >= 0.3 is 5.97 Å². The standard InChI is InChI=1S/C18H20N2O4/c1-11-9-12(2)16(13(3)10-11)19-17(21)14(4)24-18(22)15-5-7-20(23)8-6-15/h5-10,14H,1-4H3,(H,19,21)/t14-/m1/s1. The van der Waals surface area contributed by atoms with E-state index in [0.29, 0.717) is 4.73 Å². The van der Waals surface area contributed by atoms with Crippen molar-refractivity contribution in [1.29, 1.82) is 0 Å². The Morgan fingerprint density at radius 1 is 1.12 bits per heavy atom. The molecule has 1 aromatic carbocycles. The summed E-state index contributed by atoms with van der Waals surface area (Å²) in [7, 11) is 0. The van der Waals surface area contributed by atoms with Crippen molar-refractivity contribution in [2.75, 3.05) is 5.32 Å². The van der Waals surface area contributed by atoms with Crippen molar-refractivity contribution in [2.45, 2.75) is 33.8 Å². The van der Waals surface area contributed by atoms with Gasteiger partial charge in [0.25, 0.3) is 5.91 Å². The maximum absolute atomic E-state index is 12.3. The van der Waals surface area contributed by atoms with Gasteiger partial charge in [0.15, 0.2) is 18.5 Å². The molecule has 1 atom stereocenters. The lowest BCUT2D eigenvalue weighted by Gasteiger charge is -2.16. The van der Waals surface area contributed by atoms with E-state index in [1.54, 1.807) is 0 Å². The maximum Gasteiger partial charge on any atom is 0.339 e. The molecule has 6 heteroatoms. The third-order valence-electron chi connectivity index (χ3n) is 3.62. The summed E-state index contributed by atoms with van der Waals surface area (Å²) in [6.07, 6.45) is 1.43. The van der Waals surface area contributed by atoms with Crippen LogP contribution >= 0.6 is 0 Å². The van der Waals surface area contributed by atoms with E-state index in [2.05, 4.69) is 5.32 Å². The Kier molecular flexibility index (Phi) is 5.18. The maximum atomic E-state index is 12.3. The molecule has 6 nitrogen and oxygen atoms in total. The predicted molar refractivity (Wildman–Crippen MR) is 89.6 cm³/mol. The van der Waals surface area contributed by atoms with Crippen LogP contribution in [0, 0.1) is 26.0 Å². The van der Waals surface area contributed by atoms with Gasteiger partial charge in [0.2, 0.25) is 0 Å². The summed E-state index contributed by atoms with van der Waals surface area (Å²) in [5, 5.41) is 13.8. The number of pyridine rings is 1. The summed E-state index contributed by atoms with van der Waals surface area (Å²) in [6.45, 7) is 7.31. The Bertz CT molecular complexity index is 746. The smallest absolute Gasteiger partial charge is 0.339 e. The van der Waals surface area contributed by atoms with Gasteiger partial charge in [0.05, 0.1) is 5.56 Å². The number of nitrogens with one attached hydrogen (secondary N) is 1. The van der Waals surface area contributed by atoms with Gasteiger partial charge in [-0.15, -0.1) is 0 Å². The van der Waals surface area contributed by atoms with Crippen LogP contribution in [0.15, 0.2) is 36.7 Å². The number of hydrogen-bond acceptors (Lipinski definition) is 4. The molecule has 1 amide bonds. The molecule has 0 bridgehead atoms. The minimum atomic E-state index is -0.961. The number of nitrogens with zero attached hydrogens (tertiary/aromatic N) is 1. The van der Waals surface area contributed by atoms with Gasteiger partial charge in [-0.25, -0.2) is 4.79 Å². The molecule has 1 N–H and O–H groups in total. The number of esters is 1. The fourth-order valence-corrected chi connectivity index (χ4v) is 2.43. The van der Waals surface area contributed by atoms with Crippen molar-refractivity contribution in [3.8, 4) is 0 Å². The van der Waals surface area contributed by atoms with E-state index in [1.807, 2.05) is 32.9 Å². The number of anilines is 1. The van der Waals surface area contributed by atoms with Crippen LogP contribution in [-0.2, 0) is 9.53 Å². The molecule has 0 aliphatic carbocycles. The minimum absolute atomic E-state index is 0.212. The number of hydrogen-bond donors (Lipinski definition) is 1. The van der Waals surface area contributed by atoms with Gasteiger partial charge < -0.3 is 15.3 Å². The number of aryl methyl sites for hydroxylation is 3. The first-order chi connectivity index (χ1) is 11.3. The SMILES string of the molecule is Cc1cc(C)c(NC(=O)[C@@H](C)OC(=O)c2cc[n+]([O-])cc2)c(C)c1. The van der Waals surface area contributed by atoms with Crippen molar-refractivity contribution in [3.63, 3.8) is 0 Å². The average Bonchev–Trinajstić information content (AvgIpc) is 2.51. The van der Waals surface area contributed by atoms with Crippen molar-refractivity contribution in [2.24, 2.45) is 0 Å². The number of benzene rings is 1. The second kappa shape index (κ2) is 7.12. The summed E-state index contributed by atoms with van der Waals surface area (Å²) >= 11 is 0. The Labute approximate surface area is 140 Å². The van der Waals surface area contributed by atoms with Gasteiger partial charge in [-0.1, -0.05) is 17.7 Å². The highest BCUT2D eigenvalue weighted by Gasteiger charge is 2.20. The molecule has 0 saturated heterocycles. The molecular formula is C18H20N2O4. The topological polar surface area (TPSA) is 82.3 Å². The molecule has 1 heterocycles. The van der Waals surface area contributed by atoms with Gasteiger partial charge in [-0.05, 0) is 38.8 Å². The van der Waals surface area contributed by atoms with E-state index in [4.69, 9.17) is 4.74 Å². The first-order valence-corrected chi connectivity index (χ1v) is 7.56. The van der Waals surface area contributed by atoms with Crippen LogP contribution in [0.4, 0.5) is 5.69 Å². The number of amides is 1. The molecule has 0 aliphatic heterocycles. The van der Waals surface area contributed by atoms with Crippen LogP contribution in [0.2, 0.25) is 0 Å². The first-order valence-electron chi connectivity index (χ1n) is 7.56. The zero-order chi connectivity index (χ0) is 17.9. The molecule has 0 unspecified atom stereocenters. The molecule has 2 rings (SSSR count). The van der Waals surface area contributed by atoms with E-state index >= 15 is 0 Å². The van der Waals surface area contributed by atoms with Crippen LogP contribution in [0.1, 0.15) is 34.0 Å². The summed E-state index contributed by atoms with van der Waals surface area (Å²) in [5.41, 5.74) is 3.94. The zero-order valence-electron chi connectivity index (χ0n) is 14.1. The zero-order valence-corrected chi connectivity index (χ0v) is 14.1. The molecule has 0 saturated carbocycles. The summed E-state index contributed by atoms with van der Waals surface area (Å²) in [4.78, 5) is 24.3. The number of ether oxygens (including phenoxy) is 1. The van der Waals surface area contributed by atoms with Crippen molar-refractivity contribution in [3.05, 3.63) is 64.1 Å². The van der Waals surface area contributed by atoms with E-state index < -0.39 is 18.0 Å². The third-order valence-corrected chi connectivity index (χ3v) is 3.62. The normalized spacial score (nSPS) is 11.7. The van der Waals surface area contributed by atoms with Crippen LogP contribution in [0.3, 0.4) is 0 Å².